The van der Waals surface area contributed by atoms with Crippen molar-refractivity contribution in [1.82, 2.24) is 5.32 Å². The first-order valence-electron chi connectivity index (χ1n) is 8.94. The molecule has 2 atom stereocenters. The van der Waals surface area contributed by atoms with Crippen LogP contribution in [0.1, 0.15) is 42.1 Å². The lowest BCUT2D eigenvalue weighted by atomic mass is 10.0. The summed E-state index contributed by atoms with van der Waals surface area (Å²) in [6.07, 6.45) is 1.11. The van der Waals surface area contributed by atoms with Gasteiger partial charge in [0.2, 0.25) is 15.9 Å². The Hall–Kier alpha value is -2.34. The molecule has 0 heterocycles. The first kappa shape index (κ1) is 21.0. The molecule has 0 bridgehead atoms. The van der Waals surface area contributed by atoms with E-state index in [9.17, 15) is 13.2 Å². The third-order valence-corrected chi connectivity index (χ3v) is 6.01. The summed E-state index contributed by atoms with van der Waals surface area (Å²) in [6, 6.07) is 12.0. The zero-order valence-electron chi connectivity index (χ0n) is 16.8. The van der Waals surface area contributed by atoms with Crippen molar-refractivity contribution in [3.05, 3.63) is 64.7 Å². The number of hydrogen-bond acceptors (Lipinski definition) is 3. The quantitative estimate of drug-likeness (QED) is 0.821. The average Bonchev–Trinajstić information content (AvgIpc) is 2.57. The molecule has 0 saturated heterocycles. The fourth-order valence-corrected chi connectivity index (χ4v) is 4.13. The maximum absolute atomic E-state index is 12.8. The maximum Gasteiger partial charge on any atom is 0.244 e. The molecule has 0 spiro atoms. The van der Waals surface area contributed by atoms with E-state index in [1.165, 1.54) is 5.56 Å². The molecule has 6 heteroatoms. The van der Waals surface area contributed by atoms with Gasteiger partial charge >= 0.3 is 0 Å². The Labute approximate surface area is 162 Å². The number of sulfonamides is 1. The number of carbonyl (C=O) groups excluding carboxylic acids is 1. The van der Waals surface area contributed by atoms with Gasteiger partial charge in [-0.1, -0.05) is 35.9 Å². The van der Waals surface area contributed by atoms with E-state index < -0.39 is 16.1 Å². The van der Waals surface area contributed by atoms with Gasteiger partial charge in [0.1, 0.15) is 6.04 Å². The summed E-state index contributed by atoms with van der Waals surface area (Å²) in [5.41, 5.74) is 4.82. The van der Waals surface area contributed by atoms with Crippen LogP contribution in [0.5, 0.6) is 0 Å². The number of aryl methyl sites for hydroxylation is 3. The van der Waals surface area contributed by atoms with Gasteiger partial charge in [0, 0.05) is 0 Å². The fraction of sp³-hybridized carbons (Fsp3) is 0.381. The van der Waals surface area contributed by atoms with Gasteiger partial charge in [-0.15, -0.1) is 0 Å². The minimum Gasteiger partial charge on any atom is -0.348 e. The fourth-order valence-electron chi connectivity index (χ4n) is 2.95. The van der Waals surface area contributed by atoms with Crippen molar-refractivity contribution in [2.75, 3.05) is 10.6 Å². The summed E-state index contributed by atoms with van der Waals surface area (Å²) in [5.74, 6) is -0.341. The number of carbonyl (C=O) groups is 1. The Morgan fingerprint density at radius 1 is 0.963 bits per heavy atom. The predicted octanol–water partition coefficient (Wildman–Crippen LogP) is 3.64. The molecule has 27 heavy (non-hydrogen) atoms. The lowest BCUT2D eigenvalue weighted by Crippen LogP contribution is -2.48. The number of hydrogen-bond donors (Lipinski definition) is 1. The number of nitrogens with one attached hydrogen (secondary N) is 1. The van der Waals surface area contributed by atoms with Crippen LogP contribution < -0.4 is 9.62 Å². The molecule has 0 aliphatic rings. The molecule has 0 saturated carbocycles. The van der Waals surface area contributed by atoms with Crippen LogP contribution in [0.4, 0.5) is 5.69 Å². The van der Waals surface area contributed by atoms with Crippen LogP contribution in [0.15, 0.2) is 42.5 Å². The summed E-state index contributed by atoms with van der Waals surface area (Å²) >= 11 is 0. The van der Waals surface area contributed by atoms with Crippen molar-refractivity contribution in [2.45, 2.75) is 46.7 Å². The van der Waals surface area contributed by atoms with E-state index in [1.807, 2.05) is 58.0 Å². The van der Waals surface area contributed by atoms with Crippen LogP contribution >= 0.6 is 0 Å². The molecule has 2 aromatic rings. The monoisotopic (exact) mass is 388 g/mol. The number of nitrogens with zero attached hydrogens (tertiary/aromatic N) is 1. The molecule has 0 aliphatic carbocycles. The van der Waals surface area contributed by atoms with E-state index in [0.29, 0.717) is 5.69 Å². The van der Waals surface area contributed by atoms with Gasteiger partial charge in [-0.05, 0) is 63.4 Å². The first-order chi connectivity index (χ1) is 12.5. The van der Waals surface area contributed by atoms with Crippen LogP contribution in [0.2, 0.25) is 0 Å². The van der Waals surface area contributed by atoms with Crippen molar-refractivity contribution in [3.63, 3.8) is 0 Å². The Balaban J connectivity index is 2.24. The van der Waals surface area contributed by atoms with Gasteiger partial charge in [0.15, 0.2) is 0 Å². The summed E-state index contributed by atoms with van der Waals surface area (Å²) in [4.78, 5) is 12.8. The Kier molecular flexibility index (Phi) is 6.31. The Bertz CT molecular complexity index is 921. The molecule has 0 unspecified atom stereocenters. The Morgan fingerprint density at radius 2 is 1.56 bits per heavy atom. The average molecular weight is 389 g/mol. The van der Waals surface area contributed by atoms with E-state index in [4.69, 9.17) is 0 Å². The van der Waals surface area contributed by atoms with E-state index in [1.54, 1.807) is 19.1 Å². The molecule has 0 fully saturated rings. The van der Waals surface area contributed by atoms with Crippen molar-refractivity contribution >= 4 is 21.6 Å². The second kappa shape index (κ2) is 8.13. The van der Waals surface area contributed by atoms with Crippen molar-refractivity contribution < 1.29 is 13.2 Å². The second-order valence-electron chi connectivity index (χ2n) is 7.14. The normalized spacial score (nSPS) is 13.7. The molecule has 0 aliphatic heterocycles. The molecule has 0 radical (unpaired) electrons. The van der Waals surface area contributed by atoms with Crippen molar-refractivity contribution in [1.29, 1.82) is 0 Å². The summed E-state index contributed by atoms with van der Waals surface area (Å²) in [5, 5.41) is 2.93. The first-order valence-corrected chi connectivity index (χ1v) is 10.8. The van der Waals surface area contributed by atoms with Gasteiger partial charge in [0.25, 0.3) is 0 Å². The SMILES string of the molecule is Cc1ccc(N([C@H](C)C(=O)N[C@@H](C)c2ccc(C)c(C)c2)S(C)(=O)=O)cc1. The number of amides is 1. The van der Waals surface area contributed by atoms with Gasteiger partial charge in [-0.25, -0.2) is 8.42 Å². The zero-order chi connectivity index (χ0) is 20.4. The Morgan fingerprint density at radius 3 is 2.07 bits per heavy atom. The lowest BCUT2D eigenvalue weighted by Gasteiger charge is -2.29. The molecule has 1 N–H and O–H groups in total. The summed E-state index contributed by atoms with van der Waals surface area (Å²) in [6.45, 7) is 9.49. The number of benzene rings is 2. The molecule has 0 aromatic heterocycles. The molecule has 1 amide bonds. The highest BCUT2D eigenvalue weighted by Gasteiger charge is 2.29. The minimum atomic E-state index is -3.62. The second-order valence-corrected chi connectivity index (χ2v) is 9.00. The highest BCUT2D eigenvalue weighted by Crippen LogP contribution is 2.22. The van der Waals surface area contributed by atoms with Crippen LogP contribution in [-0.4, -0.2) is 26.6 Å². The largest absolute Gasteiger partial charge is 0.348 e. The van der Waals surface area contributed by atoms with E-state index >= 15 is 0 Å². The zero-order valence-corrected chi connectivity index (χ0v) is 17.6. The standard InChI is InChI=1S/C21H28N2O3S/c1-14-7-11-20(12-8-14)23(27(6,25)26)18(5)21(24)22-17(4)19-10-9-15(2)16(3)13-19/h7-13,17-18H,1-6H3,(H,22,24)/t17-,18+/m0/s1. The van der Waals surface area contributed by atoms with E-state index in [2.05, 4.69) is 5.32 Å². The highest BCUT2D eigenvalue weighted by atomic mass is 32.2. The van der Waals surface area contributed by atoms with Crippen LogP contribution in [0, 0.1) is 20.8 Å². The molecule has 2 aromatic carbocycles. The topological polar surface area (TPSA) is 66.5 Å². The molecular weight excluding hydrogens is 360 g/mol. The summed E-state index contributed by atoms with van der Waals surface area (Å²) < 4.78 is 25.9. The minimum absolute atomic E-state index is 0.223. The predicted molar refractivity (Wildman–Crippen MR) is 110 cm³/mol. The lowest BCUT2D eigenvalue weighted by molar-refractivity contribution is -0.122. The third-order valence-electron chi connectivity index (χ3n) is 4.77. The van der Waals surface area contributed by atoms with Crippen LogP contribution in [-0.2, 0) is 14.8 Å². The molecular formula is C21H28N2O3S. The maximum atomic E-state index is 12.8. The van der Waals surface area contributed by atoms with Crippen molar-refractivity contribution in [3.8, 4) is 0 Å². The van der Waals surface area contributed by atoms with Gasteiger partial charge in [0.05, 0.1) is 18.0 Å². The number of rotatable bonds is 6. The van der Waals surface area contributed by atoms with Crippen LogP contribution in [0.25, 0.3) is 0 Å². The highest BCUT2D eigenvalue weighted by molar-refractivity contribution is 7.92. The summed E-state index contributed by atoms with van der Waals surface area (Å²) in [7, 11) is -3.62. The number of anilines is 1. The molecule has 146 valence electrons. The van der Waals surface area contributed by atoms with Gasteiger partial charge in [-0.3, -0.25) is 9.10 Å². The smallest absolute Gasteiger partial charge is 0.244 e. The van der Waals surface area contributed by atoms with Gasteiger partial charge in [-0.2, -0.15) is 0 Å². The molecule has 2 rings (SSSR count). The van der Waals surface area contributed by atoms with Crippen LogP contribution in [0.3, 0.4) is 0 Å². The third kappa shape index (κ3) is 5.10. The van der Waals surface area contributed by atoms with E-state index in [-0.39, 0.29) is 11.9 Å². The molecule has 5 nitrogen and oxygen atoms in total. The van der Waals surface area contributed by atoms with Crippen molar-refractivity contribution in [2.24, 2.45) is 0 Å². The van der Waals surface area contributed by atoms with E-state index in [0.717, 1.165) is 27.3 Å². The van der Waals surface area contributed by atoms with Gasteiger partial charge < -0.3 is 5.32 Å².